The number of hydrogen-bond acceptors (Lipinski definition) is 6. The van der Waals surface area contributed by atoms with Crippen molar-refractivity contribution in [2.45, 2.75) is 25.7 Å². The summed E-state index contributed by atoms with van der Waals surface area (Å²) in [6.07, 6.45) is 3.61. The van der Waals surface area contributed by atoms with Gasteiger partial charge < -0.3 is 5.11 Å². The van der Waals surface area contributed by atoms with Gasteiger partial charge in [-0.15, -0.1) is 0 Å². The maximum Gasteiger partial charge on any atom is 0.257 e. The van der Waals surface area contributed by atoms with Gasteiger partial charge in [-0.1, -0.05) is 23.8 Å². The van der Waals surface area contributed by atoms with Crippen molar-refractivity contribution >= 4 is 23.4 Å². The van der Waals surface area contributed by atoms with Crippen molar-refractivity contribution in [3.05, 3.63) is 64.3 Å². The zero-order valence-electron chi connectivity index (χ0n) is 16.2. The number of rotatable bonds is 1. The summed E-state index contributed by atoms with van der Waals surface area (Å²) in [5, 5.41) is 20.1. The number of imide groups is 1. The van der Waals surface area contributed by atoms with Crippen LogP contribution in [0.1, 0.15) is 31.2 Å². The Morgan fingerprint density at radius 1 is 1.07 bits per heavy atom. The predicted molar refractivity (Wildman–Crippen MR) is 103 cm³/mol. The van der Waals surface area contributed by atoms with Crippen LogP contribution in [-0.2, 0) is 19.2 Å². The van der Waals surface area contributed by atoms with Gasteiger partial charge in [0.05, 0.1) is 11.8 Å². The standard InChI is InChI=1S/C23H19NO6/c1-10-7-17(26)16-9-15-13(5-6-14-19(15)23(29)24(30)22(14)28)18(20(16)21(10)27)11-3-2-4-12(25)8-11/h2-5,7-8,14-15,18-19,25,30H,6,9H2,1H3. The molecule has 7 heteroatoms. The molecule has 1 fully saturated rings. The fraction of sp³-hybridized carbons (Fsp3) is 0.304. The highest BCUT2D eigenvalue weighted by Gasteiger charge is 2.56. The Kier molecular flexibility index (Phi) is 3.95. The number of ketones is 2. The molecule has 3 aliphatic carbocycles. The summed E-state index contributed by atoms with van der Waals surface area (Å²) < 4.78 is 0. The number of fused-ring (bicyclic) bond motifs is 3. The van der Waals surface area contributed by atoms with Crippen molar-refractivity contribution in [1.29, 1.82) is 0 Å². The maximum atomic E-state index is 13.1. The summed E-state index contributed by atoms with van der Waals surface area (Å²) in [4.78, 5) is 50.9. The van der Waals surface area contributed by atoms with Crippen LogP contribution >= 0.6 is 0 Å². The summed E-state index contributed by atoms with van der Waals surface area (Å²) >= 11 is 0. The second kappa shape index (κ2) is 6.34. The highest BCUT2D eigenvalue weighted by Crippen LogP contribution is 2.55. The van der Waals surface area contributed by atoms with Gasteiger partial charge >= 0.3 is 0 Å². The number of nitrogens with zero attached hydrogens (tertiary/aromatic N) is 1. The highest BCUT2D eigenvalue weighted by atomic mass is 16.5. The first-order valence-corrected chi connectivity index (χ1v) is 9.85. The monoisotopic (exact) mass is 405 g/mol. The second-order valence-electron chi connectivity index (χ2n) is 8.31. The fourth-order valence-electron chi connectivity index (χ4n) is 5.43. The third kappa shape index (κ3) is 2.42. The van der Waals surface area contributed by atoms with E-state index >= 15 is 0 Å². The quantitative estimate of drug-likeness (QED) is 0.321. The van der Waals surface area contributed by atoms with E-state index in [1.54, 1.807) is 25.1 Å². The molecule has 1 aromatic rings. The van der Waals surface area contributed by atoms with Crippen LogP contribution in [0.4, 0.5) is 0 Å². The van der Waals surface area contributed by atoms with Crippen LogP contribution in [0.15, 0.2) is 58.7 Å². The number of Topliss-reactive ketones (excluding diaryl/α,β-unsaturated/α-hetero) is 1. The van der Waals surface area contributed by atoms with Gasteiger partial charge in [0.15, 0.2) is 11.6 Å². The molecule has 1 heterocycles. The molecule has 5 rings (SSSR count). The minimum absolute atomic E-state index is 0.0292. The Balaban J connectivity index is 1.72. The number of carbonyl (C=O) groups excluding carboxylic acids is 4. The molecule has 0 radical (unpaired) electrons. The molecule has 4 unspecified atom stereocenters. The van der Waals surface area contributed by atoms with Gasteiger partial charge in [-0.25, -0.2) is 0 Å². The molecule has 152 valence electrons. The van der Waals surface area contributed by atoms with Crippen LogP contribution in [0.5, 0.6) is 5.75 Å². The van der Waals surface area contributed by atoms with Crippen LogP contribution < -0.4 is 0 Å². The summed E-state index contributed by atoms with van der Waals surface area (Å²) in [5.41, 5.74) is 2.51. The number of phenolic OH excluding ortho intramolecular Hbond substituents is 1. The number of allylic oxidation sites excluding steroid dienone is 6. The lowest BCUT2D eigenvalue weighted by molar-refractivity contribution is -0.173. The summed E-state index contributed by atoms with van der Waals surface area (Å²) in [7, 11) is 0. The fourth-order valence-corrected chi connectivity index (χ4v) is 5.43. The minimum atomic E-state index is -0.772. The normalized spacial score (nSPS) is 30.7. The zero-order chi connectivity index (χ0) is 21.3. The maximum absolute atomic E-state index is 13.1. The average molecular weight is 405 g/mol. The Bertz CT molecular complexity index is 1140. The first-order chi connectivity index (χ1) is 14.3. The molecule has 30 heavy (non-hydrogen) atoms. The zero-order valence-corrected chi connectivity index (χ0v) is 16.2. The number of amides is 2. The van der Waals surface area contributed by atoms with Gasteiger partial charge in [-0.2, -0.15) is 5.06 Å². The van der Waals surface area contributed by atoms with E-state index in [1.165, 1.54) is 12.1 Å². The number of hydroxylamine groups is 2. The molecular weight excluding hydrogens is 386 g/mol. The summed E-state index contributed by atoms with van der Waals surface area (Å²) in [6.45, 7) is 1.60. The van der Waals surface area contributed by atoms with Gasteiger partial charge in [0, 0.05) is 22.6 Å². The third-order valence-corrected chi connectivity index (χ3v) is 6.75. The van der Waals surface area contributed by atoms with Gasteiger partial charge in [-0.3, -0.25) is 24.4 Å². The van der Waals surface area contributed by atoms with Gasteiger partial charge in [0.25, 0.3) is 11.8 Å². The predicted octanol–water partition coefficient (Wildman–Crippen LogP) is 2.21. The molecule has 1 aromatic carbocycles. The lowest BCUT2D eigenvalue weighted by atomic mass is 9.59. The van der Waals surface area contributed by atoms with Crippen molar-refractivity contribution in [2.24, 2.45) is 17.8 Å². The first kappa shape index (κ1) is 18.7. The van der Waals surface area contributed by atoms with Crippen LogP contribution in [0.25, 0.3) is 0 Å². The van der Waals surface area contributed by atoms with Gasteiger partial charge in [0.1, 0.15) is 5.75 Å². The largest absolute Gasteiger partial charge is 0.508 e. The number of aromatic hydroxyl groups is 1. The van der Waals surface area contributed by atoms with Crippen LogP contribution in [-0.4, -0.2) is 38.8 Å². The highest BCUT2D eigenvalue weighted by molar-refractivity contribution is 6.23. The molecule has 1 saturated heterocycles. The third-order valence-electron chi connectivity index (χ3n) is 6.75. The first-order valence-electron chi connectivity index (χ1n) is 9.85. The Morgan fingerprint density at radius 2 is 1.83 bits per heavy atom. The SMILES string of the molecule is CC1=CC(=O)C2=C(C1=O)C(c1cccc(O)c1)C1=CCC3C(=O)N(O)C(=O)C3C1C2. The van der Waals surface area contributed by atoms with E-state index in [1.807, 2.05) is 6.08 Å². The van der Waals surface area contributed by atoms with Crippen LogP contribution in [0, 0.1) is 17.8 Å². The molecule has 4 atom stereocenters. The second-order valence-corrected chi connectivity index (χ2v) is 8.31. The molecule has 2 amide bonds. The molecule has 2 N–H and O–H groups in total. The lowest BCUT2D eigenvalue weighted by Gasteiger charge is -2.42. The lowest BCUT2D eigenvalue weighted by Crippen LogP contribution is -2.39. The summed E-state index contributed by atoms with van der Waals surface area (Å²) in [6, 6.07) is 6.51. The summed E-state index contributed by atoms with van der Waals surface area (Å²) in [5.74, 6) is -4.28. The van der Waals surface area contributed by atoms with Crippen molar-refractivity contribution in [1.82, 2.24) is 5.06 Å². The molecule has 0 bridgehead atoms. The van der Waals surface area contributed by atoms with E-state index in [9.17, 15) is 29.5 Å². The molecule has 7 nitrogen and oxygen atoms in total. The van der Waals surface area contributed by atoms with E-state index in [0.717, 1.165) is 5.57 Å². The molecule has 4 aliphatic rings. The van der Waals surface area contributed by atoms with Crippen molar-refractivity contribution in [3.63, 3.8) is 0 Å². The van der Waals surface area contributed by atoms with Crippen LogP contribution in [0.3, 0.4) is 0 Å². The van der Waals surface area contributed by atoms with E-state index in [0.29, 0.717) is 22.3 Å². The molecule has 0 spiro atoms. The van der Waals surface area contributed by atoms with Crippen molar-refractivity contribution in [2.75, 3.05) is 0 Å². The Hall–Kier alpha value is -3.32. The average Bonchev–Trinajstić information content (AvgIpc) is 2.95. The van der Waals surface area contributed by atoms with E-state index < -0.39 is 35.5 Å². The van der Waals surface area contributed by atoms with E-state index in [2.05, 4.69) is 0 Å². The molecule has 0 saturated carbocycles. The van der Waals surface area contributed by atoms with Gasteiger partial charge in [-0.05, 0) is 49.5 Å². The molecule has 1 aliphatic heterocycles. The number of carbonyl (C=O) groups is 4. The smallest absolute Gasteiger partial charge is 0.257 e. The van der Waals surface area contributed by atoms with Gasteiger partial charge in [0.2, 0.25) is 0 Å². The van der Waals surface area contributed by atoms with Crippen molar-refractivity contribution in [3.8, 4) is 5.75 Å². The van der Waals surface area contributed by atoms with E-state index in [-0.39, 0.29) is 35.2 Å². The van der Waals surface area contributed by atoms with Crippen LogP contribution in [0.2, 0.25) is 0 Å². The Morgan fingerprint density at radius 3 is 2.57 bits per heavy atom. The molecule has 0 aromatic heterocycles. The van der Waals surface area contributed by atoms with Crippen molar-refractivity contribution < 1.29 is 29.5 Å². The molecular formula is C23H19NO6. The number of benzene rings is 1. The number of hydrogen-bond donors (Lipinski definition) is 2. The number of phenols is 1. The topological polar surface area (TPSA) is 112 Å². The minimum Gasteiger partial charge on any atom is -0.508 e. The Labute approximate surface area is 171 Å². The van der Waals surface area contributed by atoms with E-state index in [4.69, 9.17) is 0 Å².